The van der Waals surface area contributed by atoms with Crippen LogP contribution < -0.4 is 5.32 Å². The summed E-state index contributed by atoms with van der Waals surface area (Å²) in [4.78, 5) is 4.60. The zero-order valence-electron chi connectivity index (χ0n) is 12.2. The first-order valence-electron chi connectivity index (χ1n) is 7.69. The van der Waals surface area contributed by atoms with Gasteiger partial charge in [-0.3, -0.25) is 0 Å². The zero-order valence-corrected chi connectivity index (χ0v) is 12.2. The monoisotopic (exact) mass is 269 g/mol. The van der Waals surface area contributed by atoms with E-state index in [-0.39, 0.29) is 0 Å². The Morgan fingerprint density at radius 1 is 1.20 bits per heavy atom. The smallest absolute Gasteiger partial charge is 0.0952 e. The molecule has 0 saturated carbocycles. The molecule has 0 bridgehead atoms. The van der Waals surface area contributed by atoms with Crippen molar-refractivity contribution in [1.29, 1.82) is 0 Å². The van der Waals surface area contributed by atoms with E-state index < -0.39 is 0 Å². The SMILES string of the molecule is CCNC(Cn1cnc2c1CCCC2)c1ccccc1. The van der Waals surface area contributed by atoms with Gasteiger partial charge in [-0.1, -0.05) is 37.3 Å². The molecule has 0 radical (unpaired) electrons. The molecule has 106 valence electrons. The number of nitrogens with zero attached hydrogens (tertiary/aromatic N) is 2. The number of rotatable bonds is 5. The number of hydrogen-bond acceptors (Lipinski definition) is 2. The first-order valence-corrected chi connectivity index (χ1v) is 7.69. The Hall–Kier alpha value is -1.61. The first-order chi connectivity index (χ1) is 9.88. The maximum atomic E-state index is 4.60. The van der Waals surface area contributed by atoms with Crippen LogP contribution in [-0.2, 0) is 19.4 Å². The molecular weight excluding hydrogens is 246 g/mol. The summed E-state index contributed by atoms with van der Waals surface area (Å²) < 4.78 is 2.36. The van der Waals surface area contributed by atoms with Crippen LogP contribution in [0.25, 0.3) is 0 Å². The van der Waals surface area contributed by atoms with E-state index in [4.69, 9.17) is 0 Å². The van der Waals surface area contributed by atoms with Crippen molar-refractivity contribution in [3.05, 3.63) is 53.6 Å². The Labute approximate surface area is 121 Å². The molecular formula is C17H23N3. The molecule has 3 nitrogen and oxygen atoms in total. The summed E-state index contributed by atoms with van der Waals surface area (Å²) in [5, 5.41) is 3.60. The molecule has 0 saturated heterocycles. The molecule has 0 amide bonds. The first kappa shape index (κ1) is 13.4. The van der Waals surface area contributed by atoms with Crippen LogP contribution in [0.5, 0.6) is 0 Å². The lowest BCUT2D eigenvalue weighted by atomic mass is 10.0. The van der Waals surface area contributed by atoms with E-state index in [0.29, 0.717) is 6.04 Å². The number of aromatic nitrogens is 2. The minimum absolute atomic E-state index is 0.362. The molecule has 1 aliphatic rings. The second-order valence-electron chi connectivity index (χ2n) is 5.52. The number of aryl methyl sites for hydroxylation is 1. The van der Waals surface area contributed by atoms with Gasteiger partial charge in [-0.2, -0.15) is 0 Å². The molecule has 1 heterocycles. The third-order valence-electron chi connectivity index (χ3n) is 4.14. The van der Waals surface area contributed by atoms with E-state index in [2.05, 4.69) is 52.1 Å². The van der Waals surface area contributed by atoms with Gasteiger partial charge in [0.05, 0.1) is 18.1 Å². The fourth-order valence-corrected chi connectivity index (χ4v) is 3.10. The van der Waals surface area contributed by atoms with Gasteiger partial charge in [-0.05, 0) is 37.8 Å². The van der Waals surface area contributed by atoms with E-state index in [1.54, 1.807) is 0 Å². The predicted octanol–water partition coefficient (Wildman–Crippen LogP) is 3.11. The van der Waals surface area contributed by atoms with Crippen LogP contribution in [0.3, 0.4) is 0 Å². The molecule has 1 N–H and O–H groups in total. The fraction of sp³-hybridized carbons (Fsp3) is 0.471. The highest BCUT2D eigenvalue weighted by Crippen LogP contribution is 2.22. The molecule has 1 aromatic carbocycles. The average molecular weight is 269 g/mol. The molecule has 0 fully saturated rings. The summed E-state index contributed by atoms with van der Waals surface area (Å²) in [6.07, 6.45) is 6.96. The van der Waals surface area contributed by atoms with E-state index in [0.717, 1.165) is 19.5 Å². The Morgan fingerprint density at radius 2 is 2.00 bits per heavy atom. The van der Waals surface area contributed by atoms with Crippen molar-refractivity contribution >= 4 is 0 Å². The van der Waals surface area contributed by atoms with Crippen molar-refractivity contribution in [3.8, 4) is 0 Å². The Bertz CT molecular complexity index is 545. The molecule has 2 aromatic rings. The van der Waals surface area contributed by atoms with E-state index in [1.165, 1.54) is 36.2 Å². The summed E-state index contributed by atoms with van der Waals surface area (Å²) >= 11 is 0. The highest BCUT2D eigenvalue weighted by molar-refractivity contribution is 5.21. The summed E-state index contributed by atoms with van der Waals surface area (Å²) in [5.74, 6) is 0. The molecule has 1 aliphatic carbocycles. The lowest BCUT2D eigenvalue weighted by molar-refractivity contribution is 0.461. The van der Waals surface area contributed by atoms with Crippen LogP contribution in [0.2, 0.25) is 0 Å². The van der Waals surface area contributed by atoms with Crippen molar-refractivity contribution in [2.75, 3.05) is 6.54 Å². The van der Waals surface area contributed by atoms with Crippen LogP contribution in [0.1, 0.15) is 42.8 Å². The van der Waals surface area contributed by atoms with Gasteiger partial charge in [-0.15, -0.1) is 0 Å². The minimum Gasteiger partial charge on any atom is -0.332 e. The quantitative estimate of drug-likeness (QED) is 0.904. The molecule has 0 aliphatic heterocycles. The predicted molar refractivity (Wildman–Crippen MR) is 81.7 cm³/mol. The van der Waals surface area contributed by atoms with Gasteiger partial charge in [0.2, 0.25) is 0 Å². The van der Waals surface area contributed by atoms with Crippen molar-refractivity contribution < 1.29 is 0 Å². The number of hydrogen-bond donors (Lipinski definition) is 1. The Morgan fingerprint density at radius 3 is 2.80 bits per heavy atom. The van der Waals surface area contributed by atoms with Crippen LogP contribution in [0.15, 0.2) is 36.7 Å². The summed E-state index contributed by atoms with van der Waals surface area (Å²) in [5.41, 5.74) is 4.13. The molecule has 3 heteroatoms. The molecule has 20 heavy (non-hydrogen) atoms. The third kappa shape index (κ3) is 2.78. The van der Waals surface area contributed by atoms with Crippen molar-refractivity contribution in [2.45, 2.75) is 45.2 Å². The third-order valence-corrected chi connectivity index (χ3v) is 4.14. The van der Waals surface area contributed by atoms with Crippen LogP contribution in [0.4, 0.5) is 0 Å². The van der Waals surface area contributed by atoms with E-state index in [9.17, 15) is 0 Å². The minimum atomic E-state index is 0.362. The fourth-order valence-electron chi connectivity index (χ4n) is 3.10. The summed E-state index contributed by atoms with van der Waals surface area (Å²) in [6.45, 7) is 4.12. The normalized spacial score (nSPS) is 15.8. The maximum absolute atomic E-state index is 4.60. The molecule has 3 rings (SSSR count). The van der Waals surface area contributed by atoms with Crippen molar-refractivity contribution in [2.24, 2.45) is 0 Å². The van der Waals surface area contributed by atoms with Gasteiger partial charge in [0.15, 0.2) is 0 Å². The van der Waals surface area contributed by atoms with Gasteiger partial charge in [-0.25, -0.2) is 4.98 Å². The van der Waals surface area contributed by atoms with E-state index >= 15 is 0 Å². The molecule has 0 spiro atoms. The second-order valence-corrected chi connectivity index (χ2v) is 5.52. The highest BCUT2D eigenvalue weighted by Gasteiger charge is 2.18. The van der Waals surface area contributed by atoms with E-state index in [1.807, 2.05) is 6.33 Å². The standard InChI is InChI=1S/C17H23N3/c1-2-18-16(14-8-4-3-5-9-14)12-20-13-19-15-10-6-7-11-17(15)20/h3-5,8-9,13,16,18H,2,6-7,10-12H2,1H3. The molecule has 1 unspecified atom stereocenters. The number of benzene rings is 1. The Balaban J connectivity index is 1.81. The largest absolute Gasteiger partial charge is 0.332 e. The maximum Gasteiger partial charge on any atom is 0.0952 e. The highest BCUT2D eigenvalue weighted by atomic mass is 15.1. The van der Waals surface area contributed by atoms with Gasteiger partial charge in [0.25, 0.3) is 0 Å². The lowest BCUT2D eigenvalue weighted by Gasteiger charge is -2.21. The van der Waals surface area contributed by atoms with Gasteiger partial charge >= 0.3 is 0 Å². The number of nitrogens with one attached hydrogen (secondary N) is 1. The average Bonchev–Trinajstić information content (AvgIpc) is 2.91. The molecule has 1 atom stereocenters. The van der Waals surface area contributed by atoms with Crippen LogP contribution >= 0.6 is 0 Å². The van der Waals surface area contributed by atoms with Crippen molar-refractivity contribution in [1.82, 2.24) is 14.9 Å². The lowest BCUT2D eigenvalue weighted by Crippen LogP contribution is -2.26. The van der Waals surface area contributed by atoms with Crippen LogP contribution in [0, 0.1) is 0 Å². The van der Waals surface area contributed by atoms with Gasteiger partial charge in [0, 0.05) is 12.2 Å². The van der Waals surface area contributed by atoms with Gasteiger partial charge < -0.3 is 9.88 Å². The number of fused-ring (bicyclic) bond motifs is 1. The number of likely N-dealkylation sites (N-methyl/N-ethyl adjacent to an activating group) is 1. The van der Waals surface area contributed by atoms with Crippen molar-refractivity contribution in [3.63, 3.8) is 0 Å². The molecule has 1 aromatic heterocycles. The summed E-state index contributed by atoms with van der Waals surface area (Å²) in [6, 6.07) is 11.1. The Kier molecular flexibility index (Phi) is 4.16. The second kappa shape index (κ2) is 6.23. The van der Waals surface area contributed by atoms with Gasteiger partial charge in [0.1, 0.15) is 0 Å². The number of imidazole rings is 1. The van der Waals surface area contributed by atoms with Crippen LogP contribution in [-0.4, -0.2) is 16.1 Å². The topological polar surface area (TPSA) is 29.9 Å². The zero-order chi connectivity index (χ0) is 13.8. The summed E-state index contributed by atoms with van der Waals surface area (Å²) in [7, 11) is 0.